The molecule has 16 heavy (non-hydrogen) atoms. The summed E-state index contributed by atoms with van der Waals surface area (Å²) in [6.07, 6.45) is 1.73. The van der Waals surface area contributed by atoms with E-state index < -0.39 is 0 Å². The maximum atomic E-state index is 8.74. The minimum absolute atomic E-state index is 0.524. The number of ether oxygens (including phenoxy) is 1. The molecule has 0 saturated heterocycles. The molecular formula is C12H7IN2O. The number of pyridine rings is 1. The Hall–Kier alpha value is -1.61. The number of nitrogens with zero attached hydrogens (tertiary/aromatic N) is 2. The van der Waals surface area contributed by atoms with Gasteiger partial charge in [0.2, 0.25) is 5.88 Å². The molecule has 0 aliphatic rings. The number of aromatic nitrogens is 1. The van der Waals surface area contributed by atoms with Crippen LogP contribution in [-0.2, 0) is 0 Å². The minimum Gasteiger partial charge on any atom is -0.439 e. The fourth-order valence-corrected chi connectivity index (χ4v) is 1.49. The van der Waals surface area contributed by atoms with Gasteiger partial charge in [-0.3, -0.25) is 0 Å². The van der Waals surface area contributed by atoms with Crippen LogP contribution >= 0.6 is 22.6 Å². The van der Waals surface area contributed by atoms with E-state index >= 15 is 0 Å². The van der Waals surface area contributed by atoms with Gasteiger partial charge in [-0.15, -0.1) is 0 Å². The van der Waals surface area contributed by atoms with Crippen molar-refractivity contribution in [1.29, 1.82) is 5.26 Å². The second-order valence-electron chi connectivity index (χ2n) is 3.06. The van der Waals surface area contributed by atoms with Crippen molar-refractivity contribution in [3.8, 4) is 17.7 Å². The zero-order valence-corrected chi connectivity index (χ0v) is 10.4. The van der Waals surface area contributed by atoms with E-state index in [0.717, 1.165) is 3.57 Å². The molecular weight excluding hydrogens is 315 g/mol. The van der Waals surface area contributed by atoms with Crippen molar-refractivity contribution in [3.63, 3.8) is 0 Å². The topological polar surface area (TPSA) is 45.9 Å². The maximum absolute atomic E-state index is 8.74. The Labute approximate surface area is 107 Å². The molecule has 0 aliphatic heterocycles. The van der Waals surface area contributed by atoms with E-state index in [9.17, 15) is 0 Å². The first-order chi connectivity index (χ1) is 7.78. The molecule has 0 fully saturated rings. The molecule has 0 bridgehead atoms. The van der Waals surface area contributed by atoms with Crippen LogP contribution in [0.1, 0.15) is 5.56 Å². The Morgan fingerprint density at radius 1 is 1.25 bits per heavy atom. The first-order valence-electron chi connectivity index (χ1n) is 4.57. The number of rotatable bonds is 2. The van der Waals surface area contributed by atoms with Crippen LogP contribution in [0.5, 0.6) is 11.6 Å². The SMILES string of the molecule is N#Cc1cccc(Oc2ccc(I)cn2)c1. The van der Waals surface area contributed by atoms with Gasteiger partial charge in [0, 0.05) is 15.8 Å². The van der Waals surface area contributed by atoms with Gasteiger partial charge in [0.05, 0.1) is 11.6 Å². The zero-order chi connectivity index (χ0) is 11.4. The van der Waals surface area contributed by atoms with E-state index in [1.54, 1.807) is 36.5 Å². The number of hydrogen-bond donors (Lipinski definition) is 0. The van der Waals surface area contributed by atoms with Crippen molar-refractivity contribution in [2.45, 2.75) is 0 Å². The molecule has 0 N–H and O–H groups in total. The molecule has 0 radical (unpaired) electrons. The summed E-state index contributed by atoms with van der Waals surface area (Å²) in [7, 11) is 0. The maximum Gasteiger partial charge on any atom is 0.219 e. The molecule has 0 unspecified atom stereocenters. The van der Waals surface area contributed by atoms with Crippen LogP contribution in [0.2, 0.25) is 0 Å². The Morgan fingerprint density at radius 2 is 2.12 bits per heavy atom. The summed E-state index contributed by atoms with van der Waals surface area (Å²) in [6.45, 7) is 0. The lowest BCUT2D eigenvalue weighted by molar-refractivity contribution is 0.462. The van der Waals surface area contributed by atoms with Gasteiger partial charge in [-0.25, -0.2) is 4.98 Å². The van der Waals surface area contributed by atoms with E-state index in [1.165, 1.54) is 0 Å². The third-order valence-electron chi connectivity index (χ3n) is 1.89. The Bertz CT molecular complexity index is 531. The zero-order valence-electron chi connectivity index (χ0n) is 8.22. The highest BCUT2D eigenvalue weighted by atomic mass is 127. The second kappa shape index (κ2) is 4.94. The fraction of sp³-hybridized carbons (Fsp3) is 0. The number of benzene rings is 1. The van der Waals surface area contributed by atoms with E-state index in [2.05, 4.69) is 33.6 Å². The summed E-state index contributed by atoms with van der Waals surface area (Å²) >= 11 is 2.18. The summed E-state index contributed by atoms with van der Waals surface area (Å²) in [5, 5.41) is 8.74. The summed E-state index contributed by atoms with van der Waals surface area (Å²) in [4.78, 5) is 4.12. The second-order valence-corrected chi connectivity index (χ2v) is 4.30. The van der Waals surface area contributed by atoms with Crippen LogP contribution in [0.15, 0.2) is 42.6 Å². The summed E-state index contributed by atoms with van der Waals surface area (Å²) in [6, 6.07) is 12.7. The van der Waals surface area contributed by atoms with Gasteiger partial charge in [0.25, 0.3) is 0 Å². The smallest absolute Gasteiger partial charge is 0.219 e. The van der Waals surface area contributed by atoms with Gasteiger partial charge in [-0.2, -0.15) is 5.26 Å². The number of hydrogen-bond acceptors (Lipinski definition) is 3. The fourth-order valence-electron chi connectivity index (χ4n) is 1.17. The molecule has 78 valence electrons. The molecule has 0 aliphatic carbocycles. The predicted octanol–water partition coefficient (Wildman–Crippen LogP) is 3.35. The molecule has 4 heteroatoms. The first kappa shape index (κ1) is 10.9. The van der Waals surface area contributed by atoms with Crippen molar-refractivity contribution >= 4 is 22.6 Å². The lowest BCUT2D eigenvalue weighted by Gasteiger charge is -2.04. The van der Waals surface area contributed by atoms with Crippen molar-refractivity contribution < 1.29 is 4.74 Å². The quantitative estimate of drug-likeness (QED) is 0.797. The normalized spacial score (nSPS) is 9.50. The van der Waals surface area contributed by atoms with Crippen molar-refractivity contribution in [1.82, 2.24) is 4.98 Å². The molecule has 0 spiro atoms. The van der Waals surface area contributed by atoms with Gasteiger partial charge in [0.1, 0.15) is 5.75 Å². The number of halogens is 1. The molecule has 3 nitrogen and oxygen atoms in total. The van der Waals surface area contributed by atoms with Gasteiger partial charge >= 0.3 is 0 Å². The lowest BCUT2D eigenvalue weighted by Crippen LogP contribution is -1.88. The summed E-state index contributed by atoms with van der Waals surface area (Å²) < 4.78 is 6.56. The monoisotopic (exact) mass is 322 g/mol. The van der Waals surface area contributed by atoms with E-state index in [0.29, 0.717) is 17.2 Å². The van der Waals surface area contributed by atoms with Crippen LogP contribution < -0.4 is 4.74 Å². The third-order valence-corrected chi connectivity index (χ3v) is 2.52. The molecule has 0 saturated carbocycles. The molecule has 1 aromatic carbocycles. The Kier molecular flexibility index (Phi) is 3.37. The van der Waals surface area contributed by atoms with Crippen LogP contribution in [0.4, 0.5) is 0 Å². The standard InChI is InChI=1S/C12H7IN2O/c13-10-4-5-12(15-8-10)16-11-3-1-2-9(6-11)7-14/h1-6,8H. The lowest BCUT2D eigenvalue weighted by atomic mass is 10.2. The van der Waals surface area contributed by atoms with Crippen LogP contribution in [0.25, 0.3) is 0 Å². The van der Waals surface area contributed by atoms with Gasteiger partial charge in [-0.05, 0) is 46.9 Å². The molecule has 1 heterocycles. The van der Waals surface area contributed by atoms with Crippen LogP contribution in [0.3, 0.4) is 0 Å². The minimum atomic E-state index is 0.524. The average Bonchev–Trinajstić information content (AvgIpc) is 2.32. The highest BCUT2D eigenvalue weighted by Gasteiger charge is 1.99. The van der Waals surface area contributed by atoms with E-state index in [-0.39, 0.29) is 0 Å². The van der Waals surface area contributed by atoms with Crippen LogP contribution in [0, 0.1) is 14.9 Å². The molecule has 2 rings (SSSR count). The van der Waals surface area contributed by atoms with Crippen LogP contribution in [-0.4, -0.2) is 4.98 Å². The average molecular weight is 322 g/mol. The van der Waals surface area contributed by atoms with E-state index in [4.69, 9.17) is 10.00 Å². The third kappa shape index (κ3) is 2.70. The van der Waals surface area contributed by atoms with E-state index in [1.807, 2.05) is 6.07 Å². The molecule has 1 aromatic heterocycles. The molecule has 0 amide bonds. The van der Waals surface area contributed by atoms with Crippen molar-refractivity contribution in [3.05, 3.63) is 51.7 Å². The van der Waals surface area contributed by atoms with Gasteiger partial charge < -0.3 is 4.74 Å². The number of nitriles is 1. The molecule has 2 aromatic rings. The molecule has 0 atom stereocenters. The summed E-state index contributed by atoms with van der Waals surface area (Å²) in [5.41, 5.74) is 0.572. The van der Waals surface area contributed by atoms with Crippen molar-refractivity contribution in [2.24, 2.45) is 0 Å². The van der Waals surface area contributed by atoms with Gasteiger partial charge in [-0.1, -0.05) is 6.07 Å². The highest BCUT2D eigenvalue weighted by molar-refractivity contribution is 14.1. The summed E-state index contributed by atoms with van der Waals surface area (Å²) in [5.74, 6) is 1.14. The highest BCUT2D eigenvalue weighted by Crippen LogP contribution is 2.20. The predicted molar refractivity (Wildman–Crippen MR) is 68.2 cm³/mol. The largest absolute Gasteiger partial charge is 0.439 e. The van der Waals surface area contributed by atoms with Gasteiger partial charge in [0.15, 0.2) is 0 Å². The Morgan fingerprint density at radius 3 is 2.81 bits per heavy atom. The van der Waals surface area contributed by atoms with Crippen molar-refractivity contribution in [2.75, 3.05) is 0 Å². The Balaban J connectivity index is 2.21. The first-order valence-corrected chi connectivity index (χ1v) is 5.65.